The van der Waals surface area contributed by atoms with Crippen molar-refractivity contribution in [1.29, 1.82) is 0 Å². The standard InChI is InChI=1S/C17H10ClN3O2S2/c18-11-5-2-1-4-10(11)16-19-8-14(25-16)15(22)21-17-20-12(9-24-17)13-6-3-7-23-13/h1-9H,(H,20,21,22). The van der Waals surface area contributed by atoms with Crippen LogP contribution in [0.4, 0.5) is 5.13 Å². The molecule has 25 heavy (non-hydrogen) atoms. The number of hydrogen-bond donors (Lipinski definition) is 1. The van der Waals surface area contributed by atoms with Crippen molar-refractivity contribution >= 4 is 45.3 Å². The van der Waals surface area contributed by atoms with E-state index in [0.717, 1.165) is 5.56 Å². The molecule has 0 radical (unpaired) electrons. The van der Waals surface area contributed by atoms with Gasteiger partial charge in [-0.15, -0.1) is 22.7 Å². The maximum absolute atomic E-state index is 12.4. The van der Waals surface area contributed by atoms with Gasteiger partial charge in [0, 0.05) is 10.9 Å². The van der Waals surface area contributed by atoms with Crippen LogP contribution < -0.4 is 5.32 Å². The molecule has 0 spiro atoms. The smallest absolute Gasteiger partial charge is 0.269 e. The summed E-state index contributed by atoms with van der Waals surface area (Å²) in [6.45, 7) is 0. The summed E-state index contributed by atoms with van der Waals surface area (Å²) >= 11 is 8.80. The normalized spacial score (nSPS) is 10.8. The molecule has 3 heterocycles. The molecule has 0 bridgehead atoms. The highest BCUT2D eigenvalue weighted by Crippen LogP contribution is 2.31. The predicted molar refractivity (Wildman–Crippen MR) is 100 cm³/mol. The van der Waals surface area contributed by atoms with Crippen molar-refractivity contribution in [2.45, 2.75) is 0 Å². The number of amides is 1. The van der Waals surface area contributed by atoms with Crippen LogP contribution in [0.2, 0.25) is 5.02 Å². The van der Waals surface area contributed by atoms with Gasteiger partial charge in [0.05, 0.1) is 17.5 Å². The quantitative estimate of drug-likeness (QED) is 0.506. The Morgan fingerprint density at radius 3 is 2.88 bits per heavy atom. The maximum atomic E-state index is 12.4. The van der Waals surface area contributed by atoms with Gasteiger partial charge in [0.25, 0.3) is 5.91 Å². The second-order valence-corrected chi connectivity index (χ2v) is 7.27. The van der Waals surface area contributed by atoms with Crippen LogP contribution >= 0.6 is 34.3 Å². The number of hydrogen-bond acceptors (Lipinski definition) is 6. The molecule has 1 amide bonds. The van der Waals surface area contributed by atoms with Crippen LogP contribution in [-0.4, -0.2) is 15.9 Å². The lowest BCUT2D eigenvalue weighted by molar-refractivity contribution is 0.103. The molecule has 124 valence electrons. The minimum atomic E-state index is -0.254. The van der Waals surface area contributed by atoms with Crippen LogP contribution in [0.25, 0.3) is 22.0 Å². The van der Waals surface area contributed by atoms with Crippen molar-refractivity contribution in [2.75, 3.05) is 5.32 Å². The van der Waals surface area contributed by atoms with E-state index in [2.05, 4.69) is 15.3 Å². The van der Waals surface area contributed by atoms with Crippen molar-refractivity contribution in [3.8, 4) is 22.0 Å². The lowest BCUT2D eigenvalue weighted by Gasteiger charge is -1.99. The second-order valence-electron chi connectivity index (χ2n) is 4.98. The van der Waals surface area contributed by atoms with Crippen molar-refractivity contribution in [3.05, 3.63) is 64.1 Å². The summed E-state index contributed by atoms with van der Waals surface area (Å²) in [5.74, 6) is 0.409. The number of anilines is 1. The van der Waals surface area contributed by atoms with E-state index in [1.54, 1.807) is 24.6 Å². The lowest BCUT2D eigenvalue weighted by Crippen LogP contribution is -2.09. The molecule has 3 aromatic heterocycles. The summed E-state index contributed by atoms with van der Waals surface area (Å²) in [6, 6.07) is 11.0. The Labute approximate surface area is 155 Å². The van der Waals surface area contributed by atoms with Crippen molar-refractivity contribution < 1.29 is 9.21 Å². The molecule has 0 atom stereocenters. The summed E-state index contributed by atoms with van der Waals surface area (Å²) in [7, 11) is 0. The molecule has 0 saturated carbocycles. The molecule has 0 unspecified atom stereocenters. The van der Waals surface area contributed by atoms with Crippen molar-refractivity contribution in [2.24, 2.45) is 0 Å². The number of thiazole rings is 2. The topological polar surface area (TPSA) is 68.0 Å². The molecule has 4 aromatic rings. The first-order valence-corrected chi connectivity index (χ1v) is 9.29. The van der Waals surface area contributed by atoms with Gasteiger partial charge in [-0.1, -0.05) is 29.8 Å². The van der Waals surface area contributed by atoms with Crippen LogP contribution in [0.15, 0.2) is 58.7 Å². The summed E-state index contributed by atoms with van der Waals surface area (Å²) in [6.07, 6.45) is 3.13. The minimum Gasteiger partial charge on any atom is -0.463 e. The third-order valence-corrected chi connectivity index (χ3v) is 5.45. The van der Waals surface area contributed by atoms with Crippen LogP contribution in [-0.2, 0) is 0 Å². The summed E-state index contributed by atoms with van der Waals surface area (Å²) in [4.78, 5) is 21.5. The third kappa shape index (κ3) is 3.34. The molecule has 0 saturated heterocycles. The molecule has 1 aromatic carbocycles. The molecule has 0 aliphatic heterocycles. The molecule has 5 nitrogen and oxygen atoms in total. The van der Waals surface area contributed by atoms with Crippen molar-refractivity contribution in [1.82, 2.24) is 9.97 Å². The van der Waals surface area contributed by atoms with Gasteiger partial charge in [-0.25, -0.2) is 9.97 Å². The number of carbonyl (C=O) groups excluding carboxylic acids is 1. The van der Waals surface area contributed by atoms with Crippen LogP contribution in [0.3, 0.4) is 0 Å². The van der Waals surface area contributed by atoms with Crippen LogP contribution in [0, 0.1) is 0 Å². The van der Waals surface area contributed by atoms with E-state index < -0.39 is 0 Å². The van der Waals surface area contributed by atoms with E-state index in [1.165, 1.54) is 22.7 Å². The van der Waals surface area contributed by atoms with Gasteiger partial charge >= 0.3 is 0 Å². The average Bonchev–Trinajstić information content (AvgIpc) is 3.36. The van der Waals surface area contributed by atoms with Gasteiger partial charge in [0.2, 0.25) is 0 Å². The van der Waals surface area contributed by atoms with E-state index in [9.17, 15) is 4.79 Å². The molecular formula is C17H10ClN3O2S2. The Bertz CT molecular complexity index is 1020. The second kappa shape index (κ2) is 6.79. The highest BCUT2D eigenvalue weighted by Gasteiger charge is 2.15. The molecule has 0 aliphatic rings. The fraction of sp³-hybridized carbons (Fsp3) is 0. The monoisotopic (exact) mass is 387 g/mol. The molecule has 0 fully saturated rings. The fourth-order valence-electron chi connectivity index (χ4n) is 2.17. The minimum absolute atomic E-state index is 0.254. The first kappa shape index (κ1) is 16.0. The zero-order valence-electron chi connectivity index (χ0n) is 12.6. The highest BCUT2D eigenvalue weighted by atomic mass is 35.5. The van der Waals surface area contributed by atoms with Crippen LogP contribution in [0.1, 0.15) is 9.67 Å². The lowest BCUT2D eigenvalue weighted by atomic mass is 10.2. The summed E-state index contributed by atoms with van der Waals surface area (Å²) in [5.41, 5.74) is 1.49. The zero-order valence-corrected chi connectivity index (χ0v) is 15.0. The number of nitrogens with one attached hydrogen (secondary N) is 1. The Morgan fingerprint density at radius 2 is 2.08 bits per heavy atom. The Hall–Kier alpha value is -2.48. The van der Waals surface area contributed by atoms with Gasteiger partial charge in [-0.3, -0.25) is 10.1 Å². The fourth-order valence-corrected chi connectivity index (χ4v) is 3.99. The highest BCUT2D eigenvalue weighted by molar-refractivity contribution is 7.17. The van der Waals surface area contributed by atoms with E-state index >= 15 is 0 Å². The Morgan fingerprint density at radius 1 is 1.20 bits per heavy atom. The molecule has 8 heteroatoms. The number of halogens is 1. The third-order valence-electron chi connectivity index (χ3n) is 3.33. The van der Waals surface area contributed by atoms with E-state index in [4.69, 9.17) is 16.0 Å². The predicted octanol–water partition coefficient (Wildman–Crippen LogP) is 5.43. The number of furan rings is 1. The molecule has 4 rings (SSSR count). The van der Waals surface area contributed by atoms with E-state index in [0.29, 0.717) is 31.5 Å². The van der Waals surface area contributed by atoms with Gasteiger partial charge in [0.15, 0.2) is 10.9 Å². The average molecular weight is 388 g/mol. The Kier molecular flexibility index (Phi) is 4.35. The maximum Gasteiger partial charge on any atom is 0.269 e. The van der Waals surface area contributed by atoms with Gasteiger partial charge < -0.3 is 4.42 Å². The first-order valence-electron chi connectivity index (χ1n) is 7.22. The first-order chi connectivity index (χ1) is 12.2. The molecular weight excluding hydrogens is 378 g/mol. The van der Waals surface area contributed by atoms with Gasteiger partial charge in [-0.05, 0) is 18.2 Å². The van der Waals surface area contributed by atoms with Gasteiger partial charge in [-0.2, -0.15) is 0 Å². The Balaban J connectivity index is 1.52. The summed E-state index contributed by atoms with van der Waals surface area (Å²) < 4.78 is 5.30. The van der Waals surface area contributed by atoms with E-state index in [1.807, 2.05) is 29.6 Å². The van der Waals surface area contributed by atoms with E-state index in [-0.39, 0.29) is 5.91 Å². The summed E-state index contributed by atoms with van der Waals surface area (Å²) in [5, 5.41) is 6.42. The molecule has 0 aliphatic carbocycles. The SMILES string of the molecule is O=C(Nc1nc(-c2ccco2)cs1)c1cnc(-c2ccccc2Cl)s1. The number of benzene rings is 1. The number of rotatable bonds is 4. The number of aromatic nitrogens is 2. The molecule has 1 N–H and O–H groups in total. The number of nitrogens with zero attached hydrogens (tertiary/aromatic N) is 2. The largest absolute Gasteiger partial charge is 0.463 e. The van der Waals surface area contributed by atoms with Crippen molar-refractivity contribution in [3.63, 3.8) is 0 Å². The zero-order chi connectivity index (χ0) is 17.2. The number of carbonyl (C=O) groups is 1. The van der Waals surface area contributed by atoms with Crippen LogP contribution in [0.5, 0.6) is 0 Å². The van der Waals surface area contributed by atoms with Gasteiger partial charge in [0.1, 0.15) is 15.6 Å².